The number of benzene rings is 2. The molecule has 3 aromatic rings. The predicted octanol–water partition coefficient (Wildman–Crippen LogP) is 5.00. The summed E-state index contributed by atoms with van der Waals surface area (Å²) in [5.41, 5.74) is 2.16. The van der Waals surface area contributed by atoms with Crippen molar-refractivity contribution in [3.8, 4) is 5.75 Å². The minimum atomic E-state index is 0.495. The molecule has 1 fully saturated rings. The van der Waals surface area contributed by atoms with Crippen LogP contribution in [-0.2, 0) is 6.42 Å². The van der Waals surface area contributed by atoms with E-state index < -0.39 is 0 Å². The van der Waals surface area contributed by atoms with Crippen molar-refractivity contribution in [2.75, 3.05) is 43.4 Å². The van der Waals surface area contributed by atoms with Gasteiger partial charge in [-0.1, -0.05) is 41.9 Å². The highest BCUT2D eigenvalue weighted by Gasteiger charge is 2.11. The molecule has 2 N–H and O–H groups in total. The zero-order valence-electron chi connectivity index (χ0n) is 17.6. The number of aromatic nitrogens is 2. The minimum Gasteiger partial charge on any atom is -0.492 e. The Labute approximate surface area is 188 Å². The van der Waals surface area contributed by atoms with Crippen molar-refractivity contribution in [2.45, 2.75) is 19.3 Å². The minimum absolute atomic E-state index is 0.495. The number of ether oxygens (including phenoxy) is 1. The highest BCUT2D eigenvalue weighted by atomic mass is 35.5. The van der Waals surface area contributed by atoms with Crippen molar-refractivity contribution in [2.24, 2.45) is 0 Å². The lowest BCUT2D eigenvalue weighted by Crippen LogP contribution is -2.25. The molecule has 1 saturated heterocycles. The van der Waals surface area contributed by atoms with Crippen LogP contribution in [0.25, 0.3) is 0 Å². The average Bonchev–Trinajstić information content (AvgIpc) is 3.31. The highest BCUT2D eigenvalue weighted by Crippen LogP contribution is 2.23. The zero-order valence-corrected chi connectivity index (χ0v) is 18.3. The third-order valence-corrected chi connectivity index (χ3v) is 5.56. The molecule has 1 aliphatic heterocycles. The summed E-state index contributed by atoms with van der Waals surface area (Å²) in [6.07, 6.45) is 5.11. The van der Waals surface area contributed by atoms with Gasteiger partial charge in [0.15, 0.2) is 5.82 Å². The summed E-state index contributed by atoms with van der Waals surface area (Å²) in [6.45, 7) is 4.82. The van der Waals surface area contributed by atoms with Crippen LogP contribution in [0.4, 0.5) is 17.5 Å². The molecular weight excluding hydrogens is 410 g/mol. The number of hydrogen-bond acceptors (Lipinski definition) is 6. The van der Waals surface area contributed by atoms with Gasteiger partial charge in [0.25, 0.3) is 0 Å². The van der Waals surface area contributed by atoms with Gasteiger partial charge in [-0.25, -0.2) is 4.98 Å². The van der Waals surface area contributed by atoms with Crippen LogP contribution in [0.15, 0.2) is 60.8 Å². The van der Waals surface area contributed by atoms with E-state index in [1.165, 1.54) is 31.5 Å². The Kier molecular flexibility index (Phi) is 7.58. The van der Waals surface area contributed by atoms with Gasteiger partial charge in [0.2, 0.25) is 5.95 Å². The Morgan fingerprint density at radius 2 is 1.77 bits per heavy atom. The predicted molar refractivity (Wildman–Crippen MR) is 127 cm³/mol. The summed E-state index contributed by atoms with van der Waals surface area (Å²) in [5, 5.41) is 7.02. The van der Waals surface area contributed by atoms with E-state index >= 15 is 0 Å². The van der Waals surface area contributed by atoms with E-state index in [9.17, 15) is 0 Å². The fourth-order valence-electron chi connectivity index (χ4n) is 3.58. The molecule has 0 amide bonds. The fraction of sp³-hybridized carbons (Fsp3) is 0.333. The Morgan fingerprint density at radius 1 is 1.00 bits per heavy atom. The van der Waals surface area contributed by atoms with Gasteiger partial charge < -0.3 is 15.4 Å². The first-order valence-corrected chi connectivity index (χ1v) is 11.2. The molecule has 1 aliphatic rings. The lowest BCUT2D eigenvalue weighted by Gasteiger charge is -2.15. The molecule has 6 nitrogen and oxygen atoms in total. The van der Waals surface area contributed by atoms with E-state index in [4.69, 9.17) is 16.3 Å². The van der Waals surface area contributed by atoms with Crippen LogP contribution in [0, 0.1) is 0 Å². The second-order valence-corrected chi connectivity index (χ2v) is 8.01. The molecular formula is C24H28ClN5O. The second-order valence-electron chi connectivity index (χ2n) is 7.60. The van der Waals surface area contributed by atoms with Gasteiger partial charge in [-0.3, -0.25) is 4.90 Å². The third kappa shape index (κ3) is 6.57. The number of hydrogen-bond donors (Lipinski definition) is 2. The van der Waals surface area contributed by atoms with E-state index in [0.717, 1.165) is 30.9 Å². The van der Waals surface area contributed by atoms with Crippen LogP contribution in [0.3, 0.4) is 0 Å². The first-order chi connectivity index (χ1) is 15.3. The molecule has 31 heavy (non-hydrogen) atoms. The summed E-state index contributed by atoms with van der Waals surface area (Å²) in [6, 6.07) is 18.2. The van der Waals surface area contributed by atoms with E-state index in [2.05, 4.69) is 37.6 Å². The Hall–Kier alpha value is -2.83. The van der Waals surface area contributed by atoms with Crippen molar-refractivity contribution < 1.29 is 4.74 Å². The van der Waals surface area contributed by atoms with Gasteiger partial charge in [-0.05, 0) is 62.2 Å². The van der Waals surface area contributed by atoms with Gasteiger partial charge >= 0.3 is 0 Å². The number of nitrogens with one attached hydrogen (secondary N) is 2. The molecule has 4 rings (SSSR count). The summed E-state index contributed by atoms with van der Waals surface area (Å²) >= 11 is 6.26. The van der Waals surface area contributed by atoms with Crippen LogP contribution in [-0.4, -0.2) is 47.7 Å². The van der Waals surface area contributed by atoms with Crippen molar-refractivity contribution in [1.82, 2.24) is 14.9 Å². The molecule has 0 bridgehead atoms. The fourth-order valence-corrected chi connectivity index (χ4v) is 3.74. The maximum atomic E-state index is 6.26. The molecule has 0 radical (unpaired) electrons. The lowest BCUT2D eigenvalue weighted by atomic mass is 10.1. The van der Waals surface area contributed by atoms with Gasteiger partial charge in [-0.2, -0.15) is 4.98 Å². The third-order valence-electron chi connectivity index (χ3n) is 5.28. The quantitative estimate of drug-likeness (QED) is 0.465. The van der Waals surface area contributed by atoms with E-state index in [1.54, 1.807) is 6.20 Å². The van der Waals surface area contributed by atoms with Crippen molar-refractivity contribution in [1.29, 1.82) is 0 Å². The zero-order chi connectivity index (χ0) is 21.3. The van der Waals surface area contributed by atoms with Crippen molar-refractivity contribution >= 4 is 29.1 Å². The van der Waals surface area contributed by atoms with Crippen LogP contribution < -0.4 is 15.4 Å². The van der Waals surface area contributed by atoms with Crippen LogP contribution in [0.1, 0.15) is 18.4 Å². The van der Waals surface area contributed by atoms with Gasteiger partial charge in [-0.15, -0.1) is 0 Å². The summed E-state index contributed by atoms with van der Waals surface area (Å²) < 4.78 is 5.86. The van der Waals surface area contributed by atoms with Crippen LogP contribution in [0.5, 0.6) is 5.75 Å². The molecule has 0 atom stereocenters. The number of likely N-dealkylation sites (tertiary alicyclic amines) is 1. The average molecular weight is 438 g/mol. The molecule has 0 spiro atoms. The molecule has 0 unspecified atom stereocenters. The van der Waals surface area contributed by atoms with Crippen molar-refractivity contribution in [3.05, 3.63) is 71.4 Å². The number of halogens is 1. The number of rotatable bonds is 10. The Morgan fingerprint density at radius 3 is 2.55 bits per heavy atom. The van der Waals surface area contributed by atoms with Gasteiger partial charge in [0, 0.05) is 18.8 Å². The summed E-state index contributed by atoms with van der Waals surface area (Å²) in [5.74, 6) is 1.98. The molecule has 1 aromatic heterocycles. The standard InChI is InChI=1S/C24H28ClN5O/c25-22-18-27-24(29-23(22)26-13-12-19-6-2-1-3-7-19)28-20-8-10-21(11-9-20)31-17-16-30-14-4-5-15-30/h1-3,6-11,18H,4-5,12-17H2,(H2,26,27,28,29). The SMILES string of the molecule is Clc1cnc(Nc2ccc(OCCN3CCCC3)cc2)nc1NCCc1ccccc1. The van der Waals surface area contributed by atoms with Crippen LogP contribution in [0.2, 0.25) is 5.02 Å². The molecule has 162 valence electrons. The molecule has 7 heteroatoms. The van der Waals surface area contributed by atoms with E-state index in [1.807, 2.05) is 42.5 Å². The molecule has 0 aliphatic carbocycles. The highest BCUT2D eigenvalue weighted by molar-refractivity contribution is 6.32. The topological polar surface area (TPSA) is 62.3 Å². The van der Waals surface area contributed by atoms with Crippen LogP contribution >= 0.6 is 11.6 Å². The Bertz CT molecular complexity index is 946. The van der Waals surface area contributed by atoms with Gasteiger partial charge in [0.05, 0.1) is 6.20 Å². The number of nitrogens with zero attached hydrogens (tertiary/aromatic N) is 3. The first-order valence-electron chi connectivity index (χ1n) is 10.8. The first kappa shape index (κ1) is 21.4. The molecule has 0 saturated carbocycles. The maximum absolute atomic E-state index is 6.26. The maximum Gasteiger partial charge on any atom is 0.229 e. The lowest BCUT2D eigenvalue weighted by molar-refractivity contribution is 0.238. The smallest absolute Gasteiger partial charge is 0.229 e. The molecule has 2 heterocycles. The van der Waals surface area contributed by atoms with E-state index in [0.29, 0.717) is 23.4 Å². The van der Waals surface area contributed by atoms with E-state index in [-0.39, 0.29) is 0 Å². The van der Waals surface area contributed by atoms with Crippen molar-refractivity contribution in [3.63, 3.8) is 0 Å². The second kappa shape index (κ2) is 11.0. The molecule has 2 aromatic carbocycles. The normalized spacial score (nSPS) is 13.8. The van der Waals surface area contributed by atoms with Gasteiger partial charge in [0.1, 0.15) is 17.4 Å². The largest absolute Gasteiger partial charge is 0.492 e. The summed E-state index contributed by atoms with van der Waals surface area (Å²) in [4.78, 5) is 11.2. The Balaban J connectivity index is 1.27. The monoisotopic (exact) mass is 437 g/mol. The number of anilines is 3. The summed E-state index contributed by atoms with van der Waals surface area (Å²) in [7, 11) is 0.